The highest BCUT2D eigenvalue weighted by atomic mass is 32.2. The van der Waals surface area contributed by atoms with Gasteiger partial charge in [0.2, 0.25) is 10.0 Å². The van der Waals surface area contributed by atoms with E-state index in [0.717, 1.165) is 0 Å². The first-order valence-corrected chi connectivity index (χ1v) is 8.00. The van der Waals surface area contributed by atoms with Crippen LogP contribution in [0.4, 0.5) is 4.39 Å². The zero-order valence-corrected chi connectivity index (χ0v) is 12.2. The second-order valence-electron chi connectivity index (χ2n) is 4.65. The molecule has 1 aliphatic rings. The second kappa shape index (κ2) is 6.62. The van der Waals surface area contributed by atoms with Crippen molar-refractivity contribution >= 4 is 10.0 Å². The highest BCUT2D eigenvalue weighted by Gasteiger charge is 2.26. The minimum Gasteiger partial charge on any atom is -0.380 e. The van der Waals surface area contributed by atoms with Gasteiger partial charge in [-0.3, -0.25) is 0 Å². The van der Waals surface area contributed by atoms with Gasteiger partial charge in [-0.15, -0.1) is 0 Å². The van der Waals surface area contributed by atoms with Crippen molar-refractivity contribution in [2.24, 2.45) is 0 Å². The van der Waals surface area contributed by atoms with Crippen molar-refractivity contribution in [1.82, 2.24) is 9.62 Å². The van der Waals surface area contributed by atoms with Crippen LogP contribution in [0.2, 0.25) is 0 Å². The molecule has 0 unspecified atom stereocenters. The fourth-order valence-electron chi connectivity index (χ4n) is 2.15. The number of nitrogens with one attached hydrogen (secondary N) is 1. The third kappa shape index (κ3) is 3.35. The van der Waals surface area contributed by atoms with E-state index in [1.165, 1.54) is 22.5 Å². The van der Waals surface area contributed by atoms with E-state index in [1.54, 1.807) is 7.05 Å². The van der Waals surface area contributed by atoms with Gasteiger partial charge in [0.1, 0.15) is 5.82 Å². The first-order chi connectivity index (χ1) is 9.55. The number of benzene rings is 1. The number of hydrogen-bond donors (Lipinski definition) is 1. The Morgan fingerprint density at radius 2 is 2.15 bits per heavy atom. The number of nitrogens with zero attached hydrogens (tertiary/aromatic N) is 1. The number of rotatable bonds is 4. The fraction of sp³-hybridized carbons (Fsp3) is 0.538. The lowest BCUT2D eigenvalue weighted by Crippen LogP contribution is -2.33. The minimum absolute atomic E-state index is 0.131. The minimum atomic E-state index is -3.58. The molecule has 112 valence electrons. The quantitative estimate of drug-likeness (QED) is 0.900. The van der Waals surface area contributed by atoms with Gasteiger partial charge in [-0.05, 0) is 31.7 Å². The predicted octanol–water partition coefficient (Wildman–Crippen LogP) is 0.956. The van der Waals surface area contributed by atoms with Crippen LogP contribution in [-0.4, -0.2) is 46.1 Å². The van der Waals surface area contributed by atoms with Gasteiger partial charge in [0.25, 0.3) is 0 Å². The maximum Gasteiger partial charge on any atom is 0.243 e. The molecule has 7 heteroatoms. The summed E-state index contributed by atoms with van der Waals surface area (Å²) in [5.41, 5.74) is 0.347. The SMILES string of the molecule is CNCc1cc(S(=O)(=O)N2CCCOCC2)ccc1F. The zero-order valence-electron chi connectivity index (χ0n) is 11.4. The van der Waals surface area contributed by atoms with Crippen LogP contribution in [0.25, 0.3) is 0 Å². The number of halogens is 1. The normalized spacial score (nSPS) is 17.9. The Labute approximate surface area is 118 Å². The average Bonchev–Trinajstić information content (AvgIpc) is 2.70. The monoisotopic (exact) mass is 302 g/mol. The molecule has 0 amide bonds. The van der Waals surface area contributed by atoms with E-state index in [-0.39, 0.29) is 11.4 Å². The smallest absolute Gasteiger partial charge is 0.243 e. The van der Waals surface area contributed by atoms with Gasteiger partial charge < -0.3 is 10.1 Å². The summed E-state index contributed by atoms with van der Waals surface area (Å²) in [5, 5.41) is 2.82. The van der Waals surface area contributed by atoms with Crippen molar-refractivity contribution < 1.29 is 17.5 Å². The molecule has 1 saturated heterocycles. The Hall–Kier alpha value is -1.02. The molecule has 2 rings (SSSR count). The van der Waals surface area contributed by atoms with E-state index in [4.69, 9.17) is 4.74 Å². The van der Waals surface area contributed by atoms with E-state index in [2.05, 4.69) is 5.32 Å². The van der Waals surface area contributed by atoms with Crippen molar-refractivity contribution in [3.8, 4) is 0 Å². The van der Waals surface area contributed by atoms with Crippen LogP contribution >= 0.6 is 0 Å². The van der Waals surface area contributed by atoms with Crippen LogP contribution in [-0.2, 0) is 21.3 Å². The molecule has 0 spiro atoms. The van der Waals surface area contributed by atoms with E-state index in [0.29, 0.717) is 38.3 Å². The molecule has 1 fully saturated rings. The van der Waals surface area contributed by atoms with Gasteiger partial charge in [-0.25, -0.2) is 12.8 Å². The highest BCUT2D eigenvalue weighted by Crippen LogP contribution is 2.20. The Bertz CT molecular complexity index is 555. The lowest BCUT2D eigenvalue weighted by molar-refractivity contribution is 0.148. The van der Waals surface area contributed by atoms with Gasteiger partial charge in [0.05, 0.1) is 11.5 Å². The van der Waals surface area contributed by atoms with Gasteiger partial charge in [0, 0.05) is 31.8 Å². The molecule has 1 aromatic rings. The van der Waals surface area contributed by atoms with E-state index in [9.17, 15) is 12.8 Å². The summed E-state index contributed by atoms with van der Waals surface area (Å²) in [6.45, 7) is 2.02. The van der Waals surface area contributed by atoms with Gasteiger partial charge in [0.15, 0.2) is 0 Å². The molecule has 1 N–H and O–H groups in total. The van der Waals surface area contributed by atoms with Crippen molar-refractivity contribution in [1.29, 1.82) is 0 Å². The van der Waals surface area contributed by atoms with Crippen LogP contribution in [0.15, 0.2) is 23.1 Å². The lowest BCUT2D eigenvalue weighted by Gasteiger charge is -2.19. The molecule has 1 aliphatic heterocycles. The van der Waals surface area contributed by atoms with Crippen LogP contribution in [0.3, 0.4) is 0 Å². The van der Waals surface area contributed by atoms with Crippen molar-refractivity contribution in [2.45, 2.75) is 17.9 Å². The summed E-state index contributed by atoms with van der Waals surface area (Å²) in [7, 11) is -1.90. The Morgan fingerprint density at radius 1 is 1.35 bits per heavy atom. The van der Waals surface area contributed by atoms with Crippen molar-refractivity contribution in [3.63, 3.8) is 0 Å². The molecule has 1 heterocycles. The van der Waals surface area contributed by atoms with Gasteiger partial charge >= 0.3 is 0 Å². The summed E-state index contributed by atoms with van der Waals surface area (Å²) in [6, 6.07) is 3.91. The third-order valence-corrected chi connectivity index (χ3v) is 5.10. The zero-order chi connectivity index (χ0) is 14.6. The van der Waals surface area contributed by atoms with Crippen LogP contribution in [0.1, 0.15) is 12.0 Å². The number of sulfonamides is 1. The van der Waals surface area contributed by atoms with Crippen molar-refractivity contribution in [3.05, 3.63) is 29.6 Å². The summed E-state index contributed by atoms with van der Waals surface area (Å²) in [6.07, 6.45) is 0.670. The molecule has 0 aliphatic carbocycles. The summed E-state index contributed by atoms with van der Waals surface area (Å²) in [5.74, 6) is -0.405. The van der Waals surface area contributed by atoms with Crippen LogP contribution < -0.4 is 5.32 Å². The topological polar surface area (TPSA) is 58.6 Å². The molecule has 0 aromatic heterocycles. The highest BCUT2D eigenvalue weighted by molar-refractivity contribution is 7.89. The molecule has 1 aromatic carbocycles. The first-order valence-electron chi connectivity index (χ1n) is 6.56. The summed E-state index contributed by atoms with van der Waals surface area (Å²) < 4.78 is 45.3. The number of ether oxygens (including phenoxy) is 1. The maximum atomic E-state index is 13.6. The molecule has 0 radical (unpaired) electrons. The van der Waals surface area contributed by atoms with E-state index < -0.39 is 15.8 Å². The van der Waals surface area contributed by atoms with Gasteiger partial charge in [-0.2, -0.15) is 4.31 Å². The van der Waals surface area contributed by atoms with Crippen LogP contribution in [0.5, 0.6) is 0 Å². The Morgan fingerprint density at radius 3 is 2.90 bits per heavy atom. The fourth-order valence-corrected chi connectivity index (χ4v) is 3.66. The average molecular weight is 302 g/mol. The first kappa shape index (κ1) is 15.4. The molecular formula is C13H19FN2O3S. The largest absolute Gasteiger partial charge is 0.380 e. The van der Waals surface area contributed by atoms with Crippen LogP contribution in [0, 0.1) is 5.82 Å². The lowest BCUT2D eigenvalue weighted by atomic mass is 10.2. The molecule has 0 bridgehead atoms. The predicted molar refractivity (Wildman–Crippen MR) is 73.4 cm³/mol. The maximum absolute atomic E-state index is 13.6. The molecule has 0 atom stereocenters. The van der Waals surface area contributed by atoms with E-state index in [1.807, 2.05) is 0 Å². The summed E-state index contributed by atoms with van der Waals surface area (Å²) in [4.78, 5) is 0.131. The van der Waals surface area contributed by atoms with Gasteiger partial charge in [-0.1, -0.05) is 0 Å². The Kier molecular flexibility index (Phi) is 5.09. The van der Waals surface area contributed by atoms with E-state index >= 15 is 0 Å². The van der Waals surface area contributed by atoms with Crippen molar-refractivity contribution in [2.75, 3.05) is 33.4 Å². The standard InChI is InChI=1S/C13H19FN2O3S/c1-15-10-11-9-12(3-4-13(11)14)20(17,18)16-5-2-7-19-8-6-16/h3-4,9,15H,2,5-8,10H2,1H3. The molecular weight excluding hydrogens is 283 g/mol. The molecule has 5 nitrogen and oxygen atoms in total. The summed E-state index contributed by atoms with van der Waals surface area (Å²) >= 11 is 0. The Balaban J connectivity index is 2.30. The molecule has 20 heavy (non-hydrogen) atoms. The third-order valence-electron chi connectivity index (χ3n) is 3.20. The molecule has 0 saturated carbocycles. The second-order valence-corrected chi connectivity index (χ2v) is 6.59. The number of hydrogen-bond acceptors (Lipinski definition) is 4.